The minimum atomic E-state index is 0.592. The molecule has 106 valence electrons. The number of unbranched alkanes of at least 4 members (excludes halogenated alkanes) is 1. The summed E-state index contributed by atoms with van der Waals surface area (Å²) in [5.41, 5.74) is 7.66. The molecule has 1 heterocycles. The number of hydrogen-bond acceptors (Lipinski definition) is 4. The Bertz CT molecular complexity index is 419. The normalized spacial score (nSPS) is 13.6. The summed E-state index contributed by atoms with van der Waals surface area (Å²) < 4.78 is 11.1. The lowest BCUT2D eigenvalue weighted by molar-refractivity contribution is 0.172. The predicted molar refractivity (Wildman–Crippen MR) is 79.0 cm³/mol. The molecule has 1 aromatic carbocycles. The highest BCUT2D eigenvalue weighted by Crippen LogP contribution is 2.36. The van der Waals surface area contributed by atoms with Crippen LogP contribution in [0.15, 0.2) is 12.1 Å². The molecule has 0 spiro atoms. The van der Waals surface area contributed by atoms with E-state index in [0.717, 1.165) is 36.1 Å². The molecule has 3 N–H and O–H groups in total. The summed E-state index contributed by atoms with van der Waals surface area (Å²) in [6, 6.07) is 3.78. The maximum Gasteiger partial charge on any atom is 0.163 e. The SMILES string of the molecule is CC(C)CCCCNc1cc2c(cc1N)OCCO2. The molecule has 0 aliphatic carbocycles. The molecule has 4 heteroatoms. The number of benzene rings is 1. The van der Waals surface area contributed by atoms with E-state index in [-0.39, 0.29) is 0 Å². The zero-order valence-corrected chi connectivity index (χ0v) is 11.9. The highest BCUT2D eigenvalue weighted by molar-refractivity contribution is 5.72. The molecule has 4 nitrogen and oxygen atoms in total. The van der Waals surface area contributed by atoms with Gasteiger partial charge in [-0.05, 0) is 12.3 Å². The molecule has 1 aliphatic heterocycles. The molecule has 0 saturated heterocycles. The molecular formula is C15H24N2O2. The molecule has 1 aromatic rings. The first-order valence-corrected chi connectivity index (χ1v) is 7.10. The predicted octanol–water partition coefficient (Wildman–Crippen LogP) is 3.28. The topological polar surface area (TPSA) is 56.5 Å². The first kappa shape index (κ1) is 13.8. The van der Waals surface area contributed by atoms with Gasteiger partial charge >= 0.3 is 0 Å². The molecule has 1 aliphatic rings. The number of ether oxygens (including phenoxy) is 2. The Kier molecular flexibility index (Phi) is 4.77. The Morgan fingerprint density at radius 1 is 1.16 bits per heavy atom. The highest BCUT2D eigenvalue weighted by atomic mass is 16.6. The minimum Gasteiger partial charge on any atom is -0.486 e. The molecule has 0 bridgehead atoms. The number of nitrogens with one attached hydrogen (secondary N) is 1. The van der Waals surface area contributed by atoms with Crippen LogP contribution in [-0.2, 0) is 0 Å². The maximum atomic E-state index is 6.01. The quantitative estimate of drug-likeness (QED) is 0.611. The van der Waals surface area contributed by atoms with E-state index in [4.69, 9.17) is 15.2 Å². The zero-order valence-electron chi connectivity index (χ0n) is 11.9. The van der Waals surface area contributed by atoms with Crippen molar-refractivity contribution in [2.75, 3.05) is 30.8 Å². The fourth-order valence-corrected chi connectivity index (χ4v) is 2.16. The van der Waals surface area contributed by atoms with E-state index >= 15 is 0 Å². The number of rotatable bonds is 6. The van der Waals surface area contributed by atoms with Gasteiger partial charge in [0.05, 0.1) is 11.4 Å². The van der Waals surface area contributed by atoms with Gasteiger partial charge in [-0.25, -0.2) is 0 Å². The molecular weight excluding hydrogens is 240 g/mol. The van der Waals surface area contributed by atoms with Gasteiger partial charge in [0, 0.05) is 18.7 Å². The van der Waals surface area contributed by atoms with Crippen LogP contribution in [0.1, 0.15) is 33.1 Å². The highest BCUT2D eigenvalue weighted by Gasteiger charge is 2.14. The summed E-state index contributed by atoms with van der Waals surface area (Å²) in [5, 5.41) is 3.38. The summed E-state index contributed by atoms with van der Waals surface area (Å²) >= 11 is 0. The van der Waals surface area contributed by atoms with Crippen LogP contribution in [-0.4, -0.2) is 19.8 Å². The van der Waals surface area contributed by atoms with Gasteiger partial charge in [-0.15, -0.1) is 0 Å². The first-order valence-electron chi connectivity index (χ1n) is 7.10. The van der Waals surface area contributed by atoms with Crippen LogP contribution in [0.4, 0.5) is 11.4 Å². The number of anilines is 2. The monoisotopic (exact) mass is 264 g/mol. The average molecular weight is 264 g/mol. The molecule has 2 rings (SSSR count). The number of nitrogen functional groups attached to an aromatic ring is 1. The van der Waals surface area contributed by atoms with Gasteiger partial charge in [-0.2, -0.15) is 0 Å². The van der Waals surface area contributed by atoms with Gasteiger partial charge in [0.1, 0.15) is 13.2 Å². The van der Waals surface area contributed by atoms with Crippen molar-refractivity contribution in [3.8, 4) is 11.5 Å². The lowest BCUT2D eigenvalue weighted by Gasteiger charge is -2.20. The summed E-state index contributed by atoms with van der Waals surface area (Å²) in [6.07, 6.45) is 3.68. The lowest BCUT2D eigenvalue weighted by atomic mass is 10.1. The Morgan fingerprint density at radius 2 is 1.84 bits per heavy atom. The van der Waals surface area contributed by atoms with Crippen molar-refractivity contribution in [3.63, 3.8) is 0 Å². The van der Waals surface area contributed by atoms with Gasteiger partial charge in [0.25, 0.3) is 0 Å². The van der Waals surface area contributed by atoms with Crippen molar-refractivity contribution in [1.29, 1.82) is 0 Å². The van der Waals surface area contributed by atoms with Crippen molar-refractivity contribution in [2.45, 2.75) is 33.1 Å². The van der Waals surface area contributed by atoms with Crippen molar-refractivity contribution in [1.82, 2.24) is 0 Å². The van der Waals surface area contributed by atoms with Crippen LogP contribution in [0.5, 0.6) is 11.5 Å². The molecule has 0 amide bonds. The van der Waals surface area contributed by atoms with E-state index in [1.807, 2.05) is 12.1 Å². The number of hydrogen-bond donors (Lipinski definition) is 2. The standard InChI is InChI=1S/C15H24N2O2/c1-11(2)5-3-4-6-17-13-10-15-14(9-12(13)16)18-7-8-19-15/h9-11,17H,3-8,16H2,1-2H3. The zero-order chi connectivity index (χ0) is 13.7. The van der Waals surface area contributed by atoms with Gasteiger partial charge < -0.3 is 20.5 Å². The summed E-state index contributed by atoms with van der Waals surface area (Å²) in [4.78, 5) is 0. The van der Waals surface area contributed by atoms with E-state index in [2.05, 4.69) is 19.2 Å². The van der Waals surface area contributed by atoms with Crippen molar-refractivity contribution < 1.29 is 9.47 Å². The van der Waals surface area contributed by atoms with E-state index in [0.29, 0.717) is 18.9 Å². The Balaban J connectivity index is 1.86. The summed E-state index contributed by atoms with van der Waals surface area (Å²) in [5.74, 6) is 2.30. The third-order valence-electron chi connectivity index (χ3n) is 3.24. The van der Waals surface area contributed by atoms with Crippen molar-refractivity contribution in [2.24, 2.45) is 5.92 Å². The smallest absolute Gasteiger partial charge is 0.163 e. The van der Waals surface area contributed by atoms with Crippen LogP contribution in [0, 0.1) is 5.92 Å². The molecule has 0 fully saturated rings. The minimum absolute atomic E-state index is 0.592. The second-order valence-corrected chi connectivity index (χ2v) is 5.40. The number of nitrogens with two attached hydrogens (primary N) is 1. The molecule has 19 heavy (non-hydrogen) atoms. The Hall–Kier alpha value is -1.58. The molecule has 0 unspecified atom stereocenters. The van der Waals surface area contributed by atoms with Crippen LogP contribution in [0.3, 0.4) is 0 Å². The van der Waals surface area contributed by atoms with Gasteiger partial charge in [-0.1, -0.05) is 26.7 Å². The molecule has 0 atom stereocenters. The Morgan fingerprint density at radius 3 is 2.53 bits per heavy atom. The summed E-state index contributed by atoms with van der Waals surface area (Å²) in [7, 11) is 0. The van der Waals surface area contributed by atoms with Crippen LogP contribution in [0.25, 0.3) is 0 Å². The summed E-state index contributed by atoms with van der Waals surface area (Å²) in [6.45, 7) is 6.65. The fourth-order valence-electron chi connectivity index (χ4n) is 2.16. The van der Waals surface area contributed by atoms with E-state index in [1.165, 1.54) is 12.8 Å². The van der Waals surface area contributed by atoms with E-state index in [1.54, 1.807) is 0 Å². The average Bonchev–Trinajstić information content (AvgIpc) is 2.38. The van der Waals surface area contributed by atoms with Crippen LogP contribution < -0.4 is 20.5 Å². The second kappa shape index (κ2) is 6.55. The Labute approximate surface area is 115 Å². The van der Waals surface area contributed by atoms with Crippen molar-refractivity contribution in [3.05, 3.63) is 12.1 Å². The molecule has 0 radical (unpaired) electrons. The second-order valence-electron chi connectivity index (χ2n) is 5.40. The van der Waals surface area contributed by atoms with Crippen LogP contribution in [0.2, 0.25) is 0 Å². The number of fused-ring (bicyclic) bond motifs is 1. The third kappa shape index (κ3) is 3.94. The molecule has 0 aromatic heterocycles. The first-order chi connectivity index (χ1) is 9.16. The lowest BCUT2D eigenvalue weighted by Crippen LogP contribution is -2.16. The van der Waals surface area contributed by atoms with E-state index < -0.39 is 0 Å². The third-order valence-corrected chi connectivity index (χ3v) is 3.24. The fraction of sp³-hybridized carbons (Fsp3) is 0.600. The van der Waals surface area contributed by atoms with Crippen LogP contribution >= 0.6 is 0 Å². The van der Waals surface area contributed by atoms with Gasteiger partial charge in [0.2, 0.25) is 0 Å². The van der Waals surface area contributed by atoms with Gasteiger partial charge in [-0.3, -0.25) is 0 Å². The van der Waals surface area contributed by atoms with Crippen molar-refractivity contribution >= 4 is 11.4 Å². The van der Waals surface area contributed by atoms with Gasteiger partial charge in [0.15, 0.2) is 11.5 Å². The maximum absolute atomic E-state index is 6.01. The largest absolute Gasteiger partial charge is 0.486 e. The van der Waals surface area contributed by atoms with E-state index in [9.17, 15) is 0 Å². The molecule has 0 saturated carbocycles.